The van der Waals surface area contributed by atoms with E-state index in [0.717, 1.165) is 4.88 Å². The third kappa shape index (κ3) is 4.57. The first-order valence-corrected chi connectivity index (χ1v) is 7.31. The fourth-order valence-electron chi connectivity index (χ4n) is 1.82. The maximum Gasteiger partial charge on any atom is 0.292 e. The molecule has 6 nitrogen and oxygen atoms in total. The Labute approximate surface area is 126 Å². The summed E-state index contributed by atoms with van der Waals surface area (Å²) in [4.78, 5) is 23.1. The van der Waals surface area contributed by atoms with Crippen LogP contribution in [0.15, 0.2) is 41.8 Å². The number of nitro benzene ring substituents is 1. The number of amides is 1. The second-order valence-electron chi connectivity index (χ2n) is 4.31. The van der Waals surface area contributed by atoms with Crippen LogP contribution in [0.25, 0.3) is 0 Å². The van der Waals surface area contributed by atoms with Gasteiger partial charge in [0.15, 0.2) is 0 Å². The molecule has 1 aromatic carbocycles. The van der Waals surface area contributed by atoms with Gasteiger partial charge in [-0.1, -0.05) is 18.2 Å². The molecule has 1 amide bonds. The fraction of sp³-hybridized carbons (Fsp3) is 0.214. The van der Waals surface area contributed by atoms with Crippen LogP contribution in [-0.2, 0) is 11.2 Å². The smallest absolute Gasteiger partial charge is 0.292 e. The number of nitrogens with zero attached hydrogens (tertiary/aromatic N) is 1. The molecular formula is C14H15N3O3S. The van der Waals surface area contributed by atoms with E-state index in [4.69, 9.17) is 0 Å². The SMILES string of the molecule is O=C(Cc1cccs1)NCCNc1ccccc1[N+](=O)[O-]. The molecule has 0 fully saturated rings. The second kappa shape index (κ2) is 7.39. The van der Waals surface area contributed by atoms with Crippen LogP contribution in [0, 0.1) is 10.1 Å². The number of rotatable bonds is 7. The molecule has 0 bridgehead atoms. The van der Waals surface area contributed by atoms with Crippen molar-refractivity contribution >= 4 is 28.6 Å². The minimum atomic E-state index is -0.433. The van der Waals surface area contributed by atoms with E-state index in [0.29, 0.717) is 25.2 Å². The van der Waals surface area contributed by atoms with Crippen LogP contribution in [0.5, 0.6) is 0 Å². The van der Waals surface area contributed by atoms with E-state index >= 15 is 0 Å². The van der Waals surface area contributed by atoms with Gasteiger partial charge in [-0.25, -0.2) is 0 Å². The third-order valence-corrected chi connectivity index (χ3v) is 3.65. The minimum absolute atomic E-state index is 0.0300. The number of nitro groups is 1. The molecule has 0 aliphatic heterocycles. The number of carbonyl (C=O) groups is 1. The summed E-state index contributed by atoms with van der Waals surface area (Å²) in [6.07, 6.45) is 0.364. The van der Waals surface area contributed by atoms with Gasteiger partial charge in [-0.3, -0.25) is 14.9 Å². The number of para-hydroxylation sites is 2. The molecule has 0 radical (unpaired) electrons. The van der Waals surface area contributed by atoms with E-state index < -0.39 is 4.92 Å². The lowest BCUT2D eigenvalue weighted by molar-refractivity contribution is -0.384. The Morgan fingerprint density at radius 1 is 1.19 bits per heavy atom. The normalized spacial score (nSPS) is 10.1. The topological polar surface area (TPSA) is 84.3 Å². The lowest BCUT2D eigenvalue weighted by Crippen LogP contribution is -2.29. The molecule has 1 aromatic heterocycles. The average Bonchev–Trinajstić information content (AvgIpc) is 2.96. The van der Waals surface area contributed by atoms with E-state index in [1.165, 1.54) is 6.07 Å². The molecule has 2 N–H and O–H groups in total. The Hall–Kier alpha value is -2.41. The van der Waals surface area contributed by atoms with Crippen LogP contribution in [0.1, 0.15) is 4.88 Å². The van der Waals surface area contributed by atoms with Gasteiger partial charge in [0.2, 0.25) is 5.91 Å². The van der Waals surface area contributed by atoms with Crippen molar-refractivity contribution in [2.75, 3.05) is 18.4 Å². The molecule has 0 aliphatic rings. The van der Waals surface area contributed by atoms with Gasteiger partial charge in [0, 0.05) is 24.0 Å². The van der Waals surface area contributed by atoms with E-state index in [1.54, 1.807) is 29.5 Å². The summed E-state index contributed by atoms with van der Waals surface area (Å²) in [7, 11) is 0. The van der Waals surface area contributed by atoms with Gasteiger partial charge in [0.25, 0.3) is 5.69 Å². The van der Waals surface area contributed by atoms with Crippen LogP contribution in [0.2, 0.25) is 0 Å². The lowest BCUT2D eigenvalue weighted by atomic mass is 10.2. The first kappa shape index (κ1) is 15.0. The van der Waals surface area contributed by atoms with E-state index in [2.05, 4.69) is 10.6 Å². The van der Waals surface area contributed by atoms with Crippen LogP contribution < -0.4 is 10.6 Å². The highest BCUT2D eigenvalue weighted by Gasteiger charge is 2.11. The van der Waals surface area contributed by atoms with Crippen LogP contribution in [0.3, 0.4) is 0 Å². The van der Waals surface area contributed by atoms with E-state index in [1.807, 2.05) is 17.5 Å². The summed E-state index contributed by atoms with van der Waals surface area (Å²) in [5.41, 5.74) is 0.484. The maximum absolute atomic E-state index is 11.7. The molecule has 0 unspecified atom stereocenters. The molecule has 2 aromatic rings. The molecule has 0 atom stereocenters. The molecule has 0 aliphatic carbocycles. The minimum Gasteiger partial charge on any atom is -0.378 e. The zero-order chi connectivity index (χ0) is 15.1. The molecule has 0 saturated carbocycles. The van der Waals surface area contributed by atoms with Gasteiger partial charge < -0.3 is 10.6 Å². The summed E-state index contributed by atoms with van der Waals surface area (Å²) < 4.78 is 0. The number of hydrogen-bond donors (Lipinski definition) is 2. The first-order valence-electron chi connectivity index (χ1n) is 6.43. The predicted octanol–water partition coefficient (Wildman–Crippen LogP) is 2.43. The Morgan fingerprint density at radius 2 is 2.00 bits per heavy atom. The van der Waals surface area contributed by atoms with Crippen molar-refractivity contribution in [1.29, 1.82) is 0 Å². The number of carbonyl (C=O) groups excluding carboxylic acids is 1. The third-order valence-electron chi connectivity index (χ3n) is 2.78. The van der Waals surface area contributed by atoms with Crippen molar-refractivity contribution in [2.45, 2.75) is 6.42 Å². The largest absolute Gasteiger partial charge is 0.378 e. The number of nitrogens with one attached hydrogen (secondary N) is 2. The zero-order valence-corrected chi connectivity index (χ0v) is 12.1. The van der Waals surface area contributed by atoms with Crippen LogP contribution >= 0.6 is 11.3 Å². The van der Waals surface area contributed by atoms with E-state index in [9.17, 15) is 14.9 Å². The monoisotopic (exact) mass is 305 g/mol. The highest BCUT2D eigenvalue weighted by atomic mass is 32.1. The van der Waals surface area contributed by atoms with E-state index in [-0.39, 0.29) is 11.6 Å². The Balaban J connectivity index is 1.75. The predicted molar refractivity (Wildman–Crippen MR) is 82.6 cm³/mol. The Morgan fingerprint density at radius 3 is 2.71 bits per heavy atom. The molecule has 21 heavy (non-hydrogen) atoms. The van der Waals surface area contributed by atoms with Crippen molar-refractivity contribution < 1.29 is 9.72 Å². The summed E-state index contributed by atoms with van der Waals surface area (Å²) in [6, 6.07) is 10.2. The van der Waals surface area contributed by atoms with Gasteiger partial charge in [-0.05, 0) is 17.5 Å². The van der Waals surface area contributed by atoms with Gasteiger partial charge in [0.05, 0.1) is 11.3 Å². The number of benzene rings is 1. The average molecular weight is 305 g/mol. The first-order chi connectivity index (χ1) is 10.2. The molecule has 110 valence electrons. The van der Waals surface area contributed by atoms with Gasteiger partial charge in [-0.15, -0.1) is 11.3 Å². The van der Waals surface area contributed by atoms with Crippen molar-refractivity contribution in [3.8, 4) is 0 Å². The van der Waals surface area contributed by atoms with Gasteiger partial charge in [-0.2, -0.15) is 0 Å². The fourth-order valence-corrected chi connectivity index (χ4v) is 2.52. The van der Waals surface area contributed by atoms with Crippen molar-refractivity contribution in [3.05, 3.63) is 56.8 Å². The highest BCUT2D eigenvalue weighted by Crippen LogP contribution is 2.22. The van der Waals surface area contributed by atoms with Gasteiger partial charge in [0.1, 0.15) is 5.69 Å². The molecule has 0 spiro atoms. The number of thiophene rings is 1. The standard InChI is InChI=1S/C14H15N3O3S/c18-14(10-11-4-3-9-21-11)16-8-7-15-12-5-1-2-6-13(12)17(19)20/h1-6,9,15H,7-8,10H2,(H,16,18). The van der Waals surface area contributed by atoms with Crippen molar-refractivity contribution in [2.24, 2.45) is 0 Å². The molecule has 0 saturated heterocycles. The van der Waals surface area contributed by atoms with Gasteiger partial charge >= 0.3 is 0 Å². The lowest BCUT2D eigenvalue weighted by Gasteiger charge is -2.08. The highest BCUT2D eigenvalue weighted by molar-refractivity contribution is 7.10. The summed E-state index contributed by atoms with van der Waals surface area (Å²) in [6.45, 7) is 0.845. The summed E-state index contributed by atoms with van der Waals surface area (Å²) >= 11 is 1.54. The number of anilines is 1. The Kier molecular flexibility index (Phi) is 5.28. The van der Waals surface area contributed by atoms with Crippen LogP contribution in [0.4, 0.5) is 11.4 Å². The van der Waals surface area contributed by atoms with Crippen LogP contribution in [-0.4, -0.2) is 23.9 Å². The van der Waals surface area contributed by atoms with Crippen molar-refractivity contribution in [3.63, 3.8) is 0 Å². The molecule has 7 heteroatoms. The molecule has 1 heterocycles. The quantitative estimate of drug-likeness (QED) is 0.467. The zero-order valence-electron chi connectivity index (χ0n) is 11.2. The number of hydrogen-bond acceptors (Lipinski definition) is 5. The Bertz CT molecular complexity index is 614. The molecule has 2 rings (SSSR count). The van der Waals surface area contributed by atoms with Crippen molar-refractivity contribution in [1.82, 2.24) is 5.32 Å². The summed E-state index contributed by atoms with van der Waals surface area (Å²) in [5, 5.41) is 18.5. The molecular weight excluding hydrogens is 290 g/mol. The summed E-state index contributed by atoms with van der Waals surface area (Å²) in [5.74, 6) is -0.0539. The second-order valence-corrected chi connectivity index (χ2v) is 5.34. The maximum atomic E-state index is 11.7.